The van der Waals surface area contributed by atoms with Gasteiger partial charge in [0.15, 0.2) is 11.5 Å². The molecule has 2 rings (SSSR count). The Morgan fingerprint density at radius 2 is 1.39 bits per heavy atom. The summed E-state index contributed by atoms with van der Waals surface area (Å²) in [5, 5.41) is 0. The summed E-state index contributed by atoms with van der Waals surface area (Å²) in [6.07, 6.45) is 2.68. The number of methoxy groups -OCH3 is 1. The van der Waals surface area contributed by atoms with Crippen molar-refractivity contribution in [3.63, 3.8) is 0 Å². The summed E-state index contributed by atoms with van der Waals surface area (Å²) in [5.74, 6) is 1.42. The quantitative estimate of drug-likeness (QED) is 0.442. The van der Waals surface area contributed by atoms with Crippen molar-refractivity contribution in [1.82, 2.24) is 4.90 Å². The number of carbonyl (C=O) groups is 2. The molecule has 7 nitrogen and oxygen atoms in total. The van der Waals surface area contributed by atoms with Crippen LogP contribution in [0.3, 0.4) is 0 Å². The molecule has 0 fully saturated rings. The first-order chi connectivity index (χ1) is 15.7. The number of unbranched alkanes of at least 4 members (excludes halogenated alkanes) is 2. The molecule has 2 aromatic carbocycles. The Morgan fingerprint density at radius 3 is 1.94 bits per heavy atom. The summed E-state index contributed by atoms with van der Waals surface area (Å²) in [6.45, 7) is 9.17. The number of primary amides is 1. The molecule has 0 aliphatic rings. The molecule has 0 saturated heterocycles. The molecule has 0 heterocycles. The van der Waals surface area contributed by atoms with E-state index in [-0.39, 0.29) is 18.0 Å². The Bertz CT molecular complexity index is 901. The van der Waals surface area contributed by atoms with Crippen LogP contribution in [-0.4, -0.2) is 49.1 Å². The number of hydrogen-bond acceptors (Lipinski definition) is 5. The number of nitrogens with zero attached hydrogens (tertiary/aromatic N) is 1. The van der Waals surface area contributed by atoms with E-state index in [0.717, 1.165) is 19.3 Å². The van der Waals surface area contributed by atoms with E-state index in [0.29, 0.717) is 41.6 Å². The SMILES string of the molecule is COc1cc(C(=O)N(C(C)C)C(C)C)ccc1OCCCCCOc1ccc(C(N)=O)cc1. The molecule has 0 aliphatic heterocycles. The fraction of sp³-hybridized carbons (Fsp3) is 0.462. The van der Waals surface area contributed by atoms with Gasteiger partial charge < -0.3 is 24.8 Å². The van der Waals surface area contributed by atoms with Crippen molar-refractivity contribution in [3.05, 3.63) is 53.6 Å². The van der Waals surface area contributed by atoms with Crippen LogP contribution in [0.25, 0.3) is 0 Å². The molecule has 0 saturated carbocycles. The second-order valence-corrected chi connectivity index (χ2v) is 8.41. The Kier molecular flexibility index (Phi) is 10.0. The van der Waals surface area contributed by atoms with Gasteiger partial charge in [-0.3, -0.25) is 9.59 Å². The van der Waals surface area contributed by atoms with Gasteiger partial charge in [-0.25, -0.2) is 0 Å². The minimum absolute atomic E-state index is 0.0193. The minimum atomic E-state index is -0.451. The Balaban J connectivity index is 1.78. The normalized spacial score (nSPS) is 10.9. The Hall–Kier alpha value is -3.22. The standard InChI is InChI=1S/C26H36N2O5/c1-18(2)28(19(3)4)26(30)21-11-14-23(24(17-21)31-5)33-16-8-6-7-15-32-22-12-9-20(10-13-22)25(27)29/h9-14,17-19H,6-8,15-16H2,1-5H3,(H2,27,29). The Labute approximate surface area is 196 Å². The molecule has 33 heavy (non-hydrogen) atoms. The third-order valence-electron chi connectivity index (χ3n) is 5.21. The van der Waals surface area contributed by atoms with E-state index in [2.05, 4.69) is 0 Å². The van der Waals surface area contributed by atoms with Crippen molar-refractivity contribution < 1.29 is 23.8 Å². The molecule has 180 valence electrons. The highest BCUT2D eigenvalue weighted by atomic mass is 16.5. The van der Waals surface area contributed by atoms with Crippen molar-refractivity contribution in [2.75, 3.05) is 20.3 Å². The number of ether oxygens (including phenoxy) is 3. The molecule has 0 aromatic heterocycles. The van der Waals surface area contributed by atoms with Crippen LogP contribution in [0.4, 0.5) is 0 Å². The average molecular weight is 457 g/mol. The monoisotopic (exact) mass is 456 g/mol. The third kappa shape index (κ3) is 7.70. The molecular weight excluding hydrogens is 420 g/mol. The highest BCUT2D eigenvalue weighted by molar-refractivity contribution is 5.95. The number of amides is 2. The van der Waals surface area contributed by atoms with E-state index >= 15 is 0 Å². The molecule has 2 aromatic rings. The van der Waals surface area contributed by atoms with Gasteiger partial charge in [0.25, 0.3) is 5.91 Å². The highest BCUT2D eigenvalue weighted by Gasteiger charge is 2.22. The Morgan fingerprint density at radius 1 is 0.818 bits per heavy atom. The predicted molar refractivity (Wildman–Crippen MR) is 129 cm³/mol. The van der Waals surface area contributed by atoms with Gasteiger partial charge in [0.2, 0.25) is 5.91 Å². The zero-order chi connectivity index (χ0) is 24.4. The van der Waals surface area contributed by atoms with Gasteiger partial charge in [-0.2, -0.15) is 0 Å². The average Bonchev–Trinajstić information content (AvgIpc) is 2.78. The van der Waals surface area contributed by atoms with Gasteiger partial charge in [-0.15, -0.1) is 0 Å². The number of rotatable bonds is 13. The lowest BCUT2D eigenvalue weighted by atomic mass is 10.1. The lowest BCUT2D eigenvalue weighted by Crippen LogP contribution is -2.42. The molecule has 0 aliphatic carbocycles. The summed E-state index contributed by atoms with van der Waals surface area (Å²) in [6, 6.07) is 12.3. The van der Waals surface area contributed by atoms with Crippen LogP contribution in [0.2, 0.25) is 0 Å². The maximum Gasteiger partial charge on any atom is 0.254 e. The highest BCUT2D eigenvalue weighted by Crippen LogP contribution is 2.29. The number of carbonyl (C=O) groups excluding carboxylic acids is 2. The van der Waals surface area contributed by atoms with Crippen LogP contribution < -0.4 is 19.9 Å². The molecule has 2 amide bonds. The van der Waals surface area contributed by atoms with Crippen molar-refractivity contribution in [1.29, 1.82) is 0 Å². The molecule has 0 radical (unpaired) electrons. The lowest BCUT2D eigenvalue weighted by molar-refractivity contribution is 0.0643. The van der Waals surface area contributed by atoms with Crippen LogP contribution in [0.15, 0.2) is 42.5 Å². The predicted octanol–water partition coefficient (Wildman–Crippen LogP) is 4.68. The third-order valence-corrected chi connectivity index (χ3v) is 5.21. The van der Waals surface area contributed by atoms with E-state index in [4.69, 9.17) is 19.9 Å². The number of hydrogen-bond donors (Lipinski definition) is 1. The van der Waals surface area contributed by atoms with Gasteiger partial charge in [0, 0.05) is 23.2 Å². The molecule has 7 heteroatoms. The summed E-state index contributed by atoms with van der Waals surface area (Å²) in [5.41, 5.74) is 6.28. The van der Waals surface area contributed by atoms with Gasteiger partial charge >= 0.3 is 0 Å². The fourth-order valence-electron chi connectivity index (χ4n) is 3.60. The second-order valence-electron chi connectivity index (χ2n) is 8.41. The van der Waals surface area contributed by atoms with E-state index in [1.807, 2.05) is 32.6 Å². The molecule has 0 spiro atoms. The summed E-state index contributed by atoms with van der Waals surface area (Å²) in [4.78, 5) is 25.8. The van der Waals surface area contributed by atoms with E-state index < -0.39 is 5.91 Å². The van der Waals surface area contributed by atoms with Gasteiger partial charge in [0.1, 0.15) is 5.75 Å². The van der Waals surface area contributed by atoms with E-state index in [1.165, 1.54) is 0 Å². The van der Waals surface area contributed by atoms with Crippen LogP contribution in [-0.2, 0) is 0 Å². The van der Waals surface area contributed by atoms with Crippen molar-refractivity contribution in [2.24, 2.45) is 5.73 Å². The van der Waals surface area contributed by atoms with Crippen molar-refractivity contribution >= 4 is 11.8 Å². The summed E-state index contributed by atoms with van der Waals surface area (Å²) < 4.78 is 17.0. The molecule has 0 atom stereocenters. The first-order valence-electron chi connectivity index (χ1n) is 11.4. The van der Waals surface area contributed by atoms with Gasteiger partial charge in [-0.1, -0.05) is 0 Å². The van der Waals surface area contributed by atoms with Gasteiger partial charge in [-0.05, 0) is 89.4 Å². The van der Waals surface area contributed by atoms with Crippen molar-refractivity contribution in [3.8, 4) is 17.2 Å². The lowest BCUT2D eigenvalue weighted by Gasteiger charge is -2.31. The van der Waals surface area contributed by atoms with Crippen LogP contribution in [0, 0.1) is 0 Å². The second kappa shape index (κ2) is 12.7. The van der Waals surface area contributed by atoms with E-state index in [9.17, 15) is 9.59 Å². The van der Waals surface area contributed by atoms with Crippen LogP contribution in [0.1, 0.15) is 67.7 Å². The van der Waals surface area contributed by atoms with Crippen LogP contribution >= 0.6 is 0 Å². The largest absolute Gasteiger partial charge is 0.494 e. The first kappa shape index (κ1) is 26.0. The number of benzene rings is 2. The number of nitrogens with two attached hydrogens (primary N) is 1. The fourth-order valence-corrected chi connectivity index (χ4v) is 3.60. The zero-order valence-electron chi connectivity index (χ0n) is 20.3. The molecule has 0 unspecified atom stereocenters. The smallest absolute Gasteiger partial charge is 0.254 e. The molecule has 0 bridgehead atoms. The van der Waals surface area contributed by atoms with E-state index in [1.54, 1.807) is 49.6 Å². The first-order valence-corrected chi connectivity index (χ1v) is 11.4. The van der Waals surface area contributed by atoms with Crippen LogP contribution in [0.5, 0.6) is 17.2 Å². The van der Waals surface area contributed by atoms with Crippen molar-refractivity contribution in [2.45, 2.75) is 59.0 Å². The topological polar surface area (TPSA) is 91.1 Å². The molecule has 2 N–H and O–H groups in total. The maximum atomic E-state index is 12.9. The maximum absolute atomic E-state index is 12.9. The zero-order valence-corrected chi connectivity index (χ0v) is 20.3. The van der Waals surface area contributed by atoms with Gasteiger partial charge in [0.05, 0.1) is 20.3 Å². The molecular formula is C26H36N2O5. The minimum Gasteiger partial charge on any atom is -0.494 e. The summed E-state index contributed by atoms with van der Waals surface area (Å²) >= 11 is 0. The summed E-state index contributed by atoms with van der Waals surface area (Å²) in [7, 11) is 1.58.